The van der Waals surface area contributed by atoms with Crippen LogP contribution in [0.2, 0.25) is 0 Å². The summed E-state index contributed by atoms with van der Waals surface area (Å²) in [5.74, 6) is 0. The zero-order valence-corrected chi connectivity index (χ0v) is 11.6. The third-order valence-corrected chi connectivity index (χ3v) is 3.62. The Labute approximate surface area is 110 Å². The van der Waals surface area contributed by atoms with Crippen molar-refractivity contribution in [3.05, 3.63) is 24.0 Å². The second-order valence-electron chi connectivity index (χ2n) is 5.47. The van der Waals surface area contributed by atoms with Crippen LogP contribution in [0.15, 0.2) is 18.3 Å². The van der Waals surface area contributed by atoms with Crippen molar-refractivity contribution in [1.82, 2.24) is 10.3 Å². The molecule has 2 N–H and O–H groups in total. The van der Waals surface area contributed by atoms with E-state index in [1.165, 1.54) is 38.6 Å². The van der Waals surface area contributed by atoms with Crippen LogP contribution in [0.4, 0.5) is 5.69 Å². The van der Waals surface area contributed by atoms with Gasteiger partial charge in [-0.2, -0.15) is 0 Å². The van der Waals surface area contributed by atoms with E-state index in [1.54, 1.807) is 0 Å². The van der Waals surface area contributed by atoms with Crippen LogP contribution in [0, 0.1) is 6.92 Å². The lowest BCUT2D eigenvalue weighted by Crippen LogP contribution is -2.33. The van der Waals surface area contributed by atoms with Crippen LogP contribution in [-0.2, 0) is 0 Å². The lowest BCUT2D eigenvalue weighted by Gasteiger charge is -2.22. The average molecular weight is 247 g/mol. The minimum Gasteiger partial charge on any atom is -0.381 e. The minimum absolute atomic E-state index is 0.491. The first-order valence-electron chi connectivity index (χ1n) is 7.16. The van der Waals surface area contributed by atoms with E-state index in [2.05, 4.69) is 34.7 Å². The summed E-state index contributed by atoms with van der Waals surface area (Å²) in [7, 11) is 0. The number of hydrogen-bond donors (Lipinski definition) is 2. The standard InChI is InChI=1S/C15H25N3/c1-12-7-8-15(11-17-12)18-13(2)10-14-6-4-3-5-9-16-14/h7-8,11,13-14,16,18H,3-6,9-10H2,1-2H3. The van der Waals surface area contributed by atoms with Gasteiger partial charge in [-0.15, -0.1) is 0 Å². The van der Waals surface area contributed by atoms with Crippen LogP contribution in [0.1, 0.15) is 44.7 Å². The van der Waals surface area contributed by atoms with E-state index in [1.807, 2.05) is 13.1 Å². The van der Waals surface area contributed by atoms with Crippen molar-refractivity contribution in [3.63, 3.8) is 0 Å². The molecule has 3 nitrogen and oxygen atoms in total. The molecule has 0 amide bonds. The van der Waals surface area contributed by atoms with E-state index >= 15 is 0 Å². The van der Waals surface area contributed by atoms with Crippen molar-refractivity contribution in [1.29, 1.82) is 0 Å². The molecule has 18 heavy (non-hydrogen) atoms. The number of hydrogen-bond acceptors (Lipinski definition) is 3. The van der Waals surface area contributed by atoms with Gasteiger partial charge in [0.05, 0.1) is 11.9 Å². The molecular formula is C15H25N3. The Balaban J connectivity index is 1.80. The van der Waals surface area contributed by atoms with Gasteiger partial charge in [0.2, 0.25) is 0 Å². The van der Waals surface area contributed by atoms with Crippen molar-refractivity contribution in [3.8, 4) is 0 Å². The second kappa shape index (κ2) is 6.74. The summed E-state index contributed by atoms with van der Waals surface area (Å²) in [4.78, 5) is 4.32. The zero-order valence-electron chi connectivity index (χ0n) is 11.6. The summed E-state index contributed by atoms with van der Waals surface area (Å²) in [6, 6.07) is 5.33. The SMILES string of the molecule is Cc1ccc(NC(C)CC2CCCCCN2)cn1. The molecule has 3 heteroatoms. The molecule has 0 saturated carbocycles. The number of rotatable bonds is 4. The zero-order chi connectivity index (χ0) is 12.8. The fraction of sp³-hybridized carbons (Fsp3) is 0.667. The minimum atomic E-state index is 0.491. The van der Waals surface area contributed by atoms with Gasteiger partial charge >= 0.3 is 0 Å². The van der Waals surface area contributed by atoms with Crippen LogP contribution in [-0.4, -0.2) is 23.6 Å². The maximum atomic E-state index is 4.32. The average Bonchev–Trinajstić information content (AvgIpc) is 2.61. The van der Waals surface area contributed by atoms with Crippen molar-refractivity contribution in [2.75, 3.05) is 11.9 Å². The third-order valence-electron chi connectivity index (χ3n) is 3.62. The quantitative estimate of drug-likeness (QED) is 0.858. The van der Waals surface area contributed by atoms with E-state index in [-0.39, 0.29) is 0 Å². The van der Waals surface area contributed by atoms with Gasteiger partial charge in [-0.25, -0.2) is 0 Å². The highest BCUT2D eigenvalue weighted by Gasteiger charge is 2.14. The van der Waals surface area contributed by atoms with Crippen molar-refractivity contribution >= 4 is 5.69 Å². The van der Waals surface area contributed by atoms with E-state index in [9.17, 15) is 0 Å². The predicted molar refractivity (Wildman–Crippen MR) is 76.9 cm³/mol. The monoisotopic (exact) mass is 247 g/mol. The van der Waals surface area contributed by atoms with Gasteiger partial charge in [0.25, 0.3) is 0 Å². The topological polar surface area (TPSA) is 37.0 Å². The summed E-state index contributed by atoms with van der Waals surface area (Å²) in [5.41, 5.74) is 2.19. The molecule has 2 atom stereocenters. The van der Waals surface area contributed by atoms with Crippen LogP contribution in [0.5, 0.6) is 0 Å². The molecule has 0 radical (unpaired) electrons. The molecule has 1 aliphatic heterocycles. The molecule has 1 fully saturated rings. The van der Waals surface area contributed by atoms with Gasteiger partial charge in [0.15, 0.2) is 0 Å². The lowest BCUT2D eigenvalue weighted by molar-refractivity contribution is 0.456. The number of pyridine rings is 1. The van der Waals surface area contributed by atoms with Gasteiger partial charge in [-0.1, -0.05) is 12.8 Å². The Hall–Kier alpha value is -1.09. The summed E-state index contributed by atoms with van der Waals surface area (Å²) < 4.78 is 0. The smallest absolute Gasteiger partial charge is 0.0529 e. The number of anilines is 1. The highest BCUT2D eigenvalue weighted by molar-refractivity contribution is 5.41. The molecule has 0 aliphatic carbocycles. The lowest BCUT2D eigenvalue weighted by atomic mass is 10.0. The Kier molecular flexibility index (Phi) is 5.00. The Morgan fingerprint density at radius 3 is 3.06 bits per heavy atom. The number of aryl methyl sites for hydroxylation is 1. The molecule has 0 bridgehead atoms. The van der Waals surface area contributed by atoms with E-state index in [4.69, 9.17) is 0 Å². The number of nitrogens with one attached hydrogen (secondary N) is 2. The van der Waals surface area contributed by atoms with E-state index in [0.717, 1.165) is 11.4 Å². The first kappa shape index (κ1) is 13.3. The summed E-state index contributed by atoms with van der Waals surface area (Å²) >= 11 is 0. The maximum Gasteiger partial charge on any atom is 0.0529 e. The van der Waals surface area contributed by atoms with Gasteiger partial charge < -0.3 is 10.6 Å². The largest absolute Gasteiger partial charge is 0.381 e. The molecule has 1 aliphatic rings. The van der Waals surface area contributed by atoms with Crippen LogP contribution in [0.3, 0.4) is 0 Å². The molecular weight excluding hydrogens is 222 g/mol. The molecule has 1 saturated heterocycles. The summed E-state index contributed by atoms with van der Waals surface area (Å²) in [6.45, 7) is 5.46. The number of nitrogens with zero attached hydrogens (tertiary/aromatic N) is 1. The van der Waals surface area contributed by atoms with Gasteiger partial charge in [0.1, 0.15) is 0 Å². The highest BCUT2D eigenvalue weighted by Crippen LogP contribution is 2.15. The fourth-order valence-electron chi connectivity index (χ4n) is 2.63. The summed E-state index contributed by atoms with van der Waals surface area (Å²) in [6.07, 6.45) is 8.52. The fourth-order valence-corrected chi connectivity index (χ4v) is 2.63. The van der Waals surface area contributed by atoms with E-state index < -0.39 is 0 Å². The Morgan fingerprint density at radius 1 is 1.39 bits per heavy atom. The Bertz CT molecular complexity index is 339. The van der Waals surface area contributed by atoms with Crippen LogP contribution >= 0.6 is 0 Å². The summed E-state index contributed by atoms with van der Waals surface area (Å²) in [5, 5.41) is 7.19. The normalized spacial score (nSPS) is 22.2. The second-order valence-corrected chi connectivity index (χ2v) is 5.47. The predicted octanol–water partition coefficient (Wildman–Crippen LogP) is 3.11. The van der Waals surface area contributed by atoms with Crippen LogP contribution < -0.4 is 10.6 Å². The molecule has 2 rings (SSSR count). The highest BCUT2D eigenvalue weighted by atomic mass is 15.0. The van der Waals surface area contributed by atoms with Crippen molar-refractivity contribution in [2.45, 2.75) is 58.0 Å². The molecule has 2 unspecified atom stereocenters. The van der Waals surface area contributed by atoms with Crippen molar-refractivity contribution in [2.24, 2.45) is 0 Å². The van der Waals surface area contributed by atoms with Gasteiger partial charge in [-0.3, -0.25) is 4.98 Å². The third kappa shape index (κ3) is 4.30. The van der Waals surface area contributed by atoms with Crippen LogP contribution in [0.25, 0.3) is 0 Å². The number of aromatic nitrogens is 1. The first-order chi connectivity index (χ1) is 8.74. The maximum absolute atomic E-state index is 4.32. The molecule has 1 aromatic heterocycles. The molecule has 100 valence electrons. The van der Waals surface area contributed by atoms with Gasteiger partial charge in [-0.05, 0) is 51.8 Å². The molecule has 2 heterocycles. The molecule has 0 aromatic carbocycles. The first-order valence-corrected chi connectivity index (χ1v) is 7.16. The van der Waals surface area contributed by atoms with E-state index in [0.29, 0.717) is 12.1 Å². The van der Waals surface area contributed by atoms with Crippen molar-refractivity contribution < 1.29 is 0 Å². The van der Waals surface area contributed by atoms with Gasteiger partial charge in [0, 0.05) is 17.8 Å². The molecule has 0 spiro atoms. The molecule has 1 aromatic rings. The Morgan fingerprint density at radius 2 is 2.28 bits per heavy atom.